The highest BCUT2D eigenvalue weighted by Gasteiger charge is 2.28. The van der Waals surface area contributed by atoms with Gasteiger partial charge in [0.2, 0.25) is 5.91 Å². The summed E-state index contributed by atoms with van der Waals surface area (Å²) in [6.45, 7) is 14.0. The fraction of sp³-hybridized carbons (Fsp3) is 0.571. The summed E-state index contributed by atoms with van der Waals surface area (Å²) in [4.78, 5) is 28.9. The summed E-state index contributed by atoms with van der Waals surface area (Å²) in [6, 6.07) is 2.14. The first-order valence-electron chi connectivity index (χ1n) is 12.7. The zero-order chi connectivity index (χ0) is 25.3. The summed E-state index contributed by atoms with van der Waals surface area (Å²) < 4.78 is 17.8. The topological polar surface area (TPSA) is 72.2 Å². The molecule has 2 amide bonds. The van der Waals surface area contributed by atoms with Gasteiger partial charge in [-0.2, -0.15) is 0 Å². The van der Waals surface area contributed by atoms with Crippen LogP contribution in [0.4, 0.5) is 4.79 Å². The van der Waals surface area contributed by atoms with E-state index in [-0.39, 0.29) is 12.0 Å². The zero-order valence-corrected chi connectivity index (χ0v) is 22.0. The largest absolute Gasteiger partial charge is 0.493 e. The molecule has 1 fully saturated rings. The van der Waals surface area contributed by atoms with E-state index < -0.39 is 5.60 Å². The number of hydrogen-bond acceptors (Lipinski definition) is 5. The van der Waals surface area contributed by atoms with Crippen molar-refractivity contribution in [1.82, 2.24) is 9.80 Å². The van der Waals surface area contributed by atoms with Crippen molar-refractivity contribution in [1.29, 1.82) is 0 Å². The molecular formula is C28H38N2O5. The molecule has 1 aliphatic carbocycles. The van der Waals surface area contributed by atoms with Crippen LogP contribution in [0.5, 0.6) is 5.75 Å². The van der Waals surface area contributed by atoms with Crippen molar-refractivity contribution < 1.29 is 23.5 Å². The molecule has 0 atom stereocenters. The minimum atomic E-state index is -0.532. The van der Waals surface area contributed by atoms with Crippen LogP contribution in [0.1, 0.15) is 69.9 Å². The van der Waals surface area contributed by atoms with Gasteiger partial charge in [0, 0.05) is 60.8 Å². The van der Waals surface area contributed by atoms with E-state index in [1.807, 2.05) is 41.5 Å². The van der Waals surface area contributed by atoms with Gasteiger partial charge in [0.25, 0.3) is 0 Å². The van der Waals surface area contributed by atoms with E-state index in [9.17, 15) is 9.59 Å². The molecule has 0 spiro atoms. The molecular weight excluding hydrogens is 444 g/mol. The van der Waals surface area contributed by atoms with Crippen molar-refractivity contribution in [3.05, 3.63) is 34.6 Å². The number of nitrogens with zero attached hydrogens (tertiary/aromatic N) is 2. The Kier molecular flexibility index (Phi) is 7.15. The van der Waals surface area contributed by atoms with Crippen LogP contribution in [0.3, 0.4) is 0 Å². The number of furan rings is 1. The first kappa shape index (κ1) is 25.1. The first-order valence-corrected chi connectivity index (χ1v) is 12.7. The lowest BCUT2D eigenvalue weighted by Crippen LogP contribution is -2.51. The number of hydrogen-bond donors (Lipinski definition) is 0. The lowest BCUT2D eigenvalue weighted by molar-refractivity contribution is -0.127. The number of carbonyl (C=O) groups excluding carboxylic acids is 2. The van der Waals surface area contributed by atoms with E-state index >= 15 is 0 Å². The van der Waals surface area contributed by atoms with Gasteiger partial charge in [-0.05, 0) is 72.4 Å². The Labute approximate surface area is 208 Å². The van der Waals surface area contributed by atoms with E-state index in [0.29, 0.717) is 32.8 Å². The molecule has 1 aliphatic heterocycles. The zero-order valence-electron chi connectivity index (χ0n) is 22.0. The summed E-state index contributed by atoms with van der Waals surface area (Å²) in [6.07, 6.45) is 5.70. The highest BCUT2D eigenvalue weighted by atomic mass is 16.6. The van der Waals surface area contributed by atoms with Gasteiger partial charge in [-0.15, -0.1) is 0 Å². The molecule has 0 unspecified atom stereocenters. The summed E-state index contributed by atoms with van der Waals surface area (Å²) in [5, 5.41) is 1.14. The number of allylic oxidation sites excluding steroid dienone is 1. The lowest BCUT2D eigenvalue weighted by Gasteiger charge is -2.35. The second kappa shape index (κ2) is 9.96. The molecule has 190 valence electrons. The van der Waals surface area contributed by atoms with Crippen LogP contribution >= 0.6 is 0 Å². The van der Waals surface area contributed by atoms with Crippen LogP contribution in [-0.2, 0) is 22.4 Å². The number of rotatable bonds is 4. The molecule has 1 aromatic carbocycles. The predicted octanol–water partition coefficient (Wildman–Crippen LogP) is 5.50. The maximum Gasteiger partial charge on any atom is 0.410 e. The molecule has 1 saturated heterocycles. The van der Waals surface area contributed by atoms with Gasteiger partial charge in [-0.1, -0.05) is 0 Å². The van der Waals surface area contributed by atoms with E-state index in [4.69, 9.17) is 13.9 Å². The number of ether oxygens (including phenoxy) is 2. The molecule has 0 bridgehead atoms. The molecule has 7 heteroatoms. The van der Waals surface area contributed by atoms with Crippen molar-refractivity contribution in [2.75, 3.05) is 32.8 Å². The van der Waals surface area contributed by atoms with Crippen LogP contribution in [-0.4, -0.2) is 60.2 Å². The SMILES string of the molecule is CCOc1c(/C(C)=C/C(=O)N2CCN(C(=O)OC(C)(C)C)CC2)cc2c3c(oc2c1C)CCCC3. The molecule has 0 radical (unpaired) electrons. The number of benzene rings is 1. The molecule has 4 rings (SSSR count). The Morgan fingerprint density at radius 1 is 1.09 bits per heavy atom. The Hall–Kier alpha value is -2.96. The van der Waals surface area contributed by atoms with Crippen molar-refractivity contribution >= 4 is 28.5 Å². The third-order valence-electron chi connectivity index (χ3n) is 6.72. The monoisotopic (exact) mass is 482 g/mol. The highest BCUT2D eigenvalue weighted by molar-refractivity contribution is 5.98. The van der Waals surface area contributed by atoms with Crippen molar-refractivity contribution in [3.63, 3.8) is 0 Å². The maximum atomic E-state index is 13.1. The third-order valence-corrected chi connectivity index (χ3v) is 6.72. The highest BCUT2D eigenvalue weighted by Crippen LogP contribution is 2.41. The van der Waals surface area contributed by atoms with Gasteiger partial charge in [0.05, 0.1) is 6.61 Å². The molecule has 0 saturated carbocycles. The van der Waals surface area contributed by atoms with Crippen molar-refractivity contribution in [3.8, 4) is 5.75 Å². The number of amides is 2. The smallest absolute Gasteiger partial charge is 0.410 e. The van der Waals surface area contributed by atoms with E-state index in [0.717, 1.165) is 58.4 Å². The quantitative estimate of drug-likeness (QED) is 0.538. The predicted molar refractivity (Wildman–Crippen MR) is 137 cm³/mol. The van der Waals surface area contributed by atoms with Crippen molar-refractivity contribution in [2.45, 2.75) is 72.8 Å². The Balaban J connectivity index is 1.55. The number of fused-ring (bicyclic) bond motifs is 3. The number of aryl methyl sites for hydroxylation is 3. The molecule has 2 aliphatic rings. The average Bonchev–Trinajstić information content (AvgIpc) is 3.19. The molecule has 0 N–H and O–H groups in total. The normalized spacial score (nSPS) is 16.9. The lowest BCUT2D eigenvalue weighted by atomic mass is 9.93. The molecule has 35 heavy (non-hydrogen) atoms. The van der Waals surface area contributed by atoms with Crippen LogP contribution in [0.2, 0.25) is 0 Å². The van der Waals surface area contributed by atoms with Gasteiger partial charge in [-0.25, -0.2) is 4.79 Å². The number of piperazine rings is 1. The van der Waals surface area contributed by atoms with Crippen LogP contribution in [0.25, 0.3) is 16.5 Å². The molecule has 7 nitrogen and oxygen atoms in total. The van der Waals surface area contributed by atoms with Crippen LogP contribution < -0.4 is 4.74 Å². The molecule has 1 aromatic heterocycles. The average molecular weight is 483 g/mol. The van der Waals surface area contributed by atoms with Crippen LogP contribution in [0, 0.1) is 6.92 Å². The Morgan fingerprint density at radius 3 is 2.40 bits per heavy atom. The summed E-state index contributed by atoms with van der Waals surface area (Å²) in [5.74, 6) is 1.82. The van der Waals surface area contributed by atoms with E-state index in [2.05, 4.69) is 6.07 Å². The fourth-order valence-corrected chi connectivity index (χ4v) is 4.95. The fourth-order valence-electron chi connectivity index (χ4n) is 4.95. The summed E-state index contributed by atoms with van der Waals surface area (Å²) in [7, 11) is 0. The Morgan fingerprint density at radius 2 is 1.74 bits per heavy atom. The van der Waals surface area contributed by atoms with E-state index in [1.54, 1.807) is 15.9 Å². The minimum absolute atomic E-state index is 0.0549. The summed E-state index contributed by atoms with van der Waals surface area (Å²) in [5.41, 5.74) is 4.46. The van der Waals surface area contributed by atoms with Gasteiger partial charge in [0.1, 0.15) is 22.7 Å². The van der Waals surface area contributed by atoms with Gasteiger partial charge in [0.15, 0.2) is 0 Å². The second-order valence-corrected chi connectivity index (χ2v) is 10.5. The number of carbonyl (C=O) groups is 2. The molecule has 2 aromatic rings. The third kappa shape index (κ3) is 5.34. The summed E-state index contributed by atoms with van der Waals surface area (Å²) >= 11 is 0. The Bertz CT molecular complexity index is 1150. The van der Waals surface area contributed by atoms with Gasteiger partial charge in [-0.3, -0.25) is 4.79 Å². The van der Waals surface area contributed by atoms with Gasteiger partial charge >= 0.3 is 6.09 Å². The second-order valence-electron chi connectivity index (χ2n) is 10.5. The first-order chi connectivity index (χ1) is 16.6. The standard InChI is InChI=1S/C28H38N2O5/c1-7-33-25-19(3)26-22(20-10-8-9-11-23(20)34-26)17-21(25)18(2)16-24(31)29-12-14-30(15-13-29)27(32)35-28(4,5)6/h16-17H,7-15H2,1-6H3/b18-16+. The van der Waals surface area contributed by atoms with Crippen molar-refractivity contribution in [2.24, 2.45) is 0 Å². The molecule has 2 heterocycles. The van der Waals surface area contributed by atoms with Crippen LogP contribution in [0.15, 0.2) is 16.6 Å². The minimum Gasteiger partial charge on any atom is -0.493 e. The maximum absolute atomic E-state index is 13.1. The van der Waals surface area contributed by atoms with E-state index in [1.165, 1.54) is 12.0 Å². The van der Waals surface area contributed by atoms with Gasteiger partial charge < -0.3 is 23.7 Å².